The van der Waals surface area contributed by atoms with E-state index in [1.165, 1.54) is 6.42 Å². The number of unbranched alkanes of at least 4 members (excludes halogenated alkanes) is 1. The van der Waals surface area contributed by atoms with Crippen molar-refractivity contribution in [3.05, 3.63) is 0 Å². The van der Waals surface area contributed by atoms with Crippen LogP contribution in [0.4, 0.5) is 0 Å². The van der Waals surface area contributed by atoms with Gasteiger partial charge < -0.3 is 10.2 Å². The van der Waals surface area contributed by atoms with Crippen LogP contribution in [0.15, 0.2) is 4.99 Å². The second kappa shape index (κ2) is 10.6. The standard InChI is InChI=1S/C13H28N4O2S.HI/c1-4-5-7-16(3)13(14-2)15-6-8-17-9-11-20(18,19)12-10-17;/h4-12H2,1-3H3,(H,14,15);1H. The topological polar surface area (TPSA) is 65.0 Å². The highest BCUT2D eigenvalue weighted by atomic mass is 127. The zero-order chi connectivity index (χ0) is 15.0. The summed E-state index contributed by atoms with van der Waals surface area (Å²) in [6.07, 6.45) is 2.32. The fraction of sp³-hybridized carbons (Fsp3) is 0.923. The number of rotatable bonds is 6. The minimum absolute atomic E-state index is 0. The molecule has 0 spiro atoms. The number of halogens is 1. The first-order valence-corrected chi connectivity index (χ1v) is 9.15. The summed E-state index contributed by atoms with van der Waals surface area (Å²) in [6, 6.07) is 0. The summed E-state index contributed by atoms with van der Waals surface area (Å²) in [5, 5.41) is 3.33. The molecule has 0 atom stereocenters. The van der Waals surface area contributed by atoms with E-state index in [9.17, 15) is 8.42 Å². The van der Waals surface area contributed by atoms with E-state index >= 15 is 0 Å². The van der Waals surface area contributed by atoms with E-state index in [4.69, 9.17) is 0 Å². The highest BCUT2D eigenvalue weighted by molar-refractivity contribution is 14.0. The molecule has 0 saturated carbocycles. The molecule has 1 saturated heterocycles. The summed E-state index contributed by atoms with van der Waals surface area (Å²) < 4.78 is 22.7. The quantitative estimate of drug-likeness (QED) is 0.379. The molecule has 0 radical (unpaired) electrons. The van der Waals surface area contributed by atoms with Crippen molar-refractivity contribution in [3.8, 4) is 0 Å². The normalized spacial score (nSPS) is 18.9. The van der Waals surface area contributed by atoms with Crippen LogP contribution in [-0.2, 0) is 9.84 Å². The van der Waals surface area contributed by atoms with Gasteiger partial charge in [0.15, 0.2) is 15.8 Å². The molecule has 1 N–H and O–H groups in total. The number of nitrogens with one attached hydrogen (secondary N) is 1. The van der Waals surface area contributed by atoms with Crippen molar-refractivity contribution in [2.45, 2.75) is 19.8 Å². The van der Waals surface area contributed by atoms with Gasteiger partial charge in [-0.25, -0.2) is 8.42 Å². The third-order valence-electron chi connectivity index (χ3n) is 3.57. The molecule has 1 aliphatic rings. The first-order chi connectivity index (χ1) is 9.48. The van der Waals surface area contributed by atoms with Crippen LogP contribution in [0, 0.1) is 0 Å². The molecule has 8 heteroatoms. The second-order valence-electron chi connectivity index (χ2n) is 5.24. The molecule has 0 aromatic carbocycles. The van der Waals surface area contributed by atoms with Crippen molar-refractivity contribution in [1.82, 2.24) is 15.1 Å². The van der Waals surface area contributed by atoms with Crippen LogP contribution < -0.4 is 5.32 Å². The maximum Gasteiger partial charge on any atom is 0.193 e. The molecule has 0 aromatic heterocycles. The Kier molecular flexibility index (Phi) is 10.6. The minimum atomic E-state index is -2.78. The van der Waals surface area contributed by atoms with Gasteiger partial charge in [-0.3, -0.25) is 9.89 Å². The van der Waals surface area contributed by atoms with Crippen LogP contribution in [0.3, 0.4) is 0 Å². The molecule has 1 heterocycles. The Morgan fingerprint density at radius 3 is 2.48 bits per heavy atom. The lowest BCUT2D eigenvalue weighted by Crippen LogP contribution is -2.46. The number of hydrogen-bond acceptors (Lipinski definition) is 4. The van der Waals surface area contributed by atoms with Crippen LogP contribution in [0.5, 0.6) is 0 Å². The highest BCUT2D eigenvalue weighted by Gasteiger charge is 2.21. The third-order valence-corrected chi connectivity index (χ3v) is 5.18. The van der Waals surface area contributed by atoms with Crippen LogP contribution in [0.2, 0.25) is 0 Å². The highest BCUT2D eigenvalue weighted by Crippen LogP contribution is 2.02. The summed E-state index contributed by atoms with van der Waals surface area (Å²) in [4.78, 5) is 8.58. The predicted octanol–water partition coefficient (Wildman–Crippen LogP) is 0.642. The Labute approximate surface area is 146 Å². The molecule has 6 nitrogen and oxygen atoms in total. The maximum absolute atomic E-state index is 11.3. The molecule has 0 unspecified atom stereocenters. The van der Waals surface area contributed by atoms with Gasteiger partial charge in [-0.2, -0.15) is 0 Å². The Morgan fingerprint density at radius 2 is 1.95 bits per heavy atom. The van der Waals surface area contributed by atoms with Crippen LogP contribution in [0.25, 0.3) is 0 Å². The Morgan fingerprint density at radius 1 is 1.33 bits per heavy atom. The average Bonchev–Trinajstić information content (AvgIpc) is 2.42. The van der Waals surface area contributed by atoms with E-state index < -0.39 is 9.84 Å². The number of aliphatic imine (C=N–C) groups is 1. The van der Waals surface area contributed by atoms with Crippen LogP contribution >= 0.6 is 24.0 Å². The first kappa shape index (κ1) is 20.9. The van der Waals surface area contributed by atoms with Crippen molar-refractivity contribution in [3.63, 3.8) is 0 Å². The van der Waals surface area contributed by atoms with Crippen LogP contribution in [-0.4, -0.2) is 82.5 Å². The number of sulfone groups is 1. The number of nitrogens with zero attached hydrogens (tertiary/aromatic N) is 3. The third kappa shape index (κ3) is 8.20. The molecule has 0 bridgehead atoms. The fourth-order valence-corrected chi connectivity index (χ4v) is 3.46. The Balaban J connectivity index is 0.00000400. The van der Waals surface area contributed by atoms with Gasteiger partial charge in [-0.1, -0.05) is 13.3 Å². The summed E-state index contributed by atoms with van der Waals surface area (Å²) in [5.74, 6) is 1.49. The average molecular weight is 432 g/mol. The molecule has 0 aliphatic carbocycles. The molecule has 126 valence electrons. The molecular weight excluding hydrogens is 403 g/mol. The summed E-state index contributed by atoms with van der Waals surface area (Å²) >= 11 is 0. The molecule has 0 amide bonds. The monoisotopic (exact) mass is 432 g/mol. The smallest absolute Gasteiger partial charge is 0.193 e. The van der Waals surface area contributed by atoms with Gasteiger partial charge in [0, 0.05) is 46.8 Å². The SMILES string of the molecule is CCCCN(C)C(=NC)NCCN1CCS(=O)(=O)CC1.I. The molecule has 1 aliphatic heterocycles. The summed E-state index contributed by atoms with van der Waals surface area (Å²) in [7, 11) is 1.05. The second-order valence-corrected chi connectivity index (χ2v) is 7.55. The molecule has 1 fully saturated rings. The molecular formula is C13H29IN4O2S. The van der Waals surface area contributed by atoms with Gasteiger partial charge in [-0.05, 0) is 6.42 Å². The van der Waals surface area contributed by atoms with E-state index in [1.54, 1.807) is 7.05 Å². The van der Waals surface area contributed by atoms with Gasteiger partial charge >= 0.3 is 0 Å². The van der Waals surface area contributed by atoms with E-state index in [2.05, 4.69) is 27.0 Å². The lowest BCUT2D eigenvalue weighted by molar-refractivity contribution is 0.298. The summed E-state index contributed by atoms with van der Waals surface area (Å²) in [5.41, 5.74) is 0. The number of guanidine groups is 1. The summed E-state index contributed by atoms with van der Waals surface area (Å²) in [6.45, 7) is 6.12. The van der Waals surface area contributed by atoms with Gasteiger partial charge in [0.05, 0.1) is 11.5 Å². The molecule has 1 rings (SSSR count). The van der Waals surface area contributed by atoms with Crippen molar-refractivity contribution >= 4 is 39.8 Å². The van der Waals surface area contributed by atoms with Crippen molar-refractivity contribution < 1.29 is 8.42 Å². The Bertz CT molecular complexity index is 400. The van der Waals surface area contributed by atoms with Gasteiger partial charge in [0.2, 0.25) is 0 Å². The fourth-order valence-electron chi connectivity index (χ4n) is 2.19. The molecule has 0 aromatic rings. The van der Waals surface area contributed by atoms with E-state index in [-0.39, 0.29) is 35.5 Å². The van der Waals surface area contributed by atoms with Gasteiger partial charge in [0.25, 0.3) is 0 Å². The number of hydrogen-bond donors (Lipinski definition) is 1. The van der Waals surface area contributed by atoms with Crippen molar-refractivity contribution in [2.75, 3.05) is 58.3 Å². The lowest BCUT2D eigenvalue weighted by atomic mass is 10.3. The van der Waals surface area contributed by atoms with E-state index in [1.807, 2.05) is 7.05 Å². The van der Waals surface area contributed by atoms with E-state index in [0.29, 0.717) is 13.1 Å². The zero-order valence-electron chi connectivity index (χ0n) is 13.3. The van der Waals surface area contributed by atoms with Gasteiger partial charge in [-0.15, -0.1) is 24.0 Å². The van der Waals surface area contributed by atoms with Crippen LogP contribution in [0.1, 0.15) is 19.8 Å². The maximum atomic E-state index is 11.3. The Hall–Kier alpha value is -0.0900. The zero-order valence-corrected chi connectivity index (χ0v) is 16.5. The lowest BCUT2D eigenvalue weighted by Gasteiger charge is -2.27. The van der Waals surface area contributed by atoms with E-state index in [0.717, 1.165) is 32.0 Å². The largest absolute Gasteiger partial charge is 0.355 e. The predicted molar refractivity (Wildman–Crippen MR) is 99.4 cm³/mol. The van der Waals surface area contributed by atoms with Crippen molar-refractivity contribution in [1.29, 1.82) is 0 Å². The van der Waals surface area contributed by atoms with Gasteiger partial charge in [0.1, 0.15) is 0 Å². The minimum Gasteiger partial charge on any atom is -0.355 e. The molecule has 21 heavy (non-hydrogen) atoms. The van der Waals surface area contributed by atoms with Crippen molar-refractivity contribution in [2.24, 2.45) is 4.99 Å². The first-order valence-electron chi connectivity index (χ1n) is 7.33.